The Kier molecular flexibility index (Phi) is 29.9. The number of aryl methyl sites for hydroxylation is 2. The smallest absolute Gasteiger partial charge is 0.168 e. The number of benzene rings is 6. The summed E-state index contributed by atoms with van der Waals surface area (Å²) in [5.41, 5.74) is 13.8. The summed E-state index contributed by atoms with van der Waals surface area (Å²) in [7, 11) is 0. The van der Waals surface area contributed by atoms with Crippen molar-refractivity contribution >= 4 is 111 Å². The topological polar surface area (TPSA) is 88.5 Å². The molecule has 6 aromatic heterocycles. The van der Waals surface area contributed by atoms with E-state index in [9.17, 15) is 0 Å². The number of nitrogens with zero attached hydrogens (tertiary/aromatic N) is 4. The minimum atomic E-state index is -0.891. The van der Waals surface area contributed by atoms with Gasteiger partial charge in [0.25, 0.3) is 0 Å². The standard InChI is InChI=1S/C92H112F2N4O4S6/c1-11-17-21-23-25-27-29-31-33-35-51-99-89-60(8)78(86-85(62(89)10)95-107-96-86)75-49-47-73(104-75)69-45-46-70(84(94)83(69)93)74-48-50-76(105-74)82-88-87(97-108-98-88)79(61(9)90(82)100-52-36-34-32-30-28-26-24-22-18-12-2)77-56-72-81(66-42-38-44-68(55-66)102-58-64(16-6)40-20-14-4)91-71(53-59(7)103-91)80(92(72)106-77)65-41-37-43-67(54-65)101-57-63(15-5)39-19-13-3/h37-38,41-50,53-56,63-64H,11-36,39-40,51-52,57-58H2,1-10H3. The van der Waals surface area contributed by atoms with E-state index in [-0.39, 0.29) is 11.1 Å². The van der Waals surface area contributed by atoms with Crippen molar-refractivity contribution in [3.63, 3.8) is 0 Å². The second-order valence-electron chi connectivity index (χ2n) is 30.0. The van der Waals surface area contributed by atoms with Crippen LogP contribution in [0.5, 0.6) is 23.0 Å². The molecule has 574 valence electrons. The average Bonchev–Trinajstić information content (AvgIpc) is 1.55. The molecule has 6 aromatic carbocycles. The Morgan fingerprint density at radius 1 is 0.352 bits per heavy atom. The molecule has 0 N–H and O–H groups in total. The van der Waals surface area contributed by atoms with Crippen LogP contribution in [0.1, 0.15) is 243 Å². The molecule has 0 aliphatic carbocycles. The highest BCUT2D eigenvalue weighted by Gasteiger charge is 2.30. The summed E-state index contributed by atoms with van der Waals surface area (Å²) < 4.78 is 84.0. The number of hydrogen-bond acceptors (Lipinski definition) is 14. The quantitative estimate of drug-likeness (QED) is 0.0349. The van der Waals surface area contributed by atoms with Crippen molar-refractivity contribution in [3.05, 3.63) is 130 Å². The summed E-state index contributed by atoms with van der Waals surface area (Å²) >= 11 is 8.89. The molecule has 108 heavy (non-hydrogen) atoms. The van der Waals surface area contributed by atoms with E-state index in [0.717, 1.165) is 167 Å². The van der Waals surface area contributed by atoms with E-state index in [4.69, 9.17) is 36.4 Å². The number of unbranched alkanes of at least 4 members (excludes halogenated alkanes) is 20. The summed E-state index contributed by atoms with van der Waals surface area (Å²) in [6.07, 6.45) is 33.9. The molecule has 8 nitrogen and oxygen atoms in total. The molecule has 0 saturated heterocycles. The molecule has 0 amide bonds. The minimum absolute atomic E-state index is 0.197. The summed E-state index contributed by atoms with van der Waals surface area (Å²) in [6.45, 7) is 24.7. The van der Waals surface area contributed by atoms with Gasteiger partial charge >= 0.3 is 0 Å². The van der Waals surface area contributed by atoms with Crippen molar-refractivity contribution in [1.82, 2.24) is 17.5 Å². The molecule has 16 heteroatoms. The Balaban J connectivity index is 0.900. The van der Waals surface area contributed by atoms with Crippen molar-refractivity contribution in [1.29, 1.82) is 0 Å². The molecule has 0 bridgehead atoms. The summed E-state index contributed by atoms with van der Waals surface area (Å²) in [4.78, 5) is 5.28. The van der Waals surface area contributed by atoms with E-state index < -0.39 is 11.6 Å². The molecule has 12 rings (SSSR count). The third-order valence-electron chi connectivity index (χ3n) is 22.0. The lowest BCUT2D eigenvalue weighted by atomic mass is 9.92. The van der Waals surface area contributed by atoms with Crippen LogP contribution in [0.25, 0.3) is 117 Å². The van der Waals surface area contributed by atoms with Crippen molar-refractivity contribution in [2.24, 2.45) is 11.8 Å². The first-order valence-electron chi connectivity index (χ1n) is 40.8. The maximum atomic E-state index is 17.2. The van der Waals surface area contributed by atoms with Crippen LogP contribution < -0.4 is 18.9 Å². The van der Waals surface area contributed by atoms with Gasteiger partial charge in [-0.05, 0) is 149 Å². The zero-order chi connectivity index (χ0) is 75.5. The number of aromatic nitrogens is 4. The lowest BCUT2D eigenvalue weighted by Gasteiger charge is -2.17. The normalized spacial score (nSPS) is 12.4. The van der Waals surface area contributed by atoms with E-state index in [1.54, 1.807) is 23.5 Å². The summed E-state index contributed by atoms with van der Waals surface area (Å²) in [5, 5.41) is 2.37. The zero-order valence-corrected chi connectivity index (χ0v) is 70.5. The second-order valence-corrected chi connectivity index (χ2v) is 35.5. The average molecular weight is 1570 g/mol. The minimum Gasteiger partial charge on any atom is -0.493 e. The number of halogens is 2. The predicted molar refractivity (Wildman–Crippen MR) is 464 cm³/mol. The van der Waals surface area contributed by atoms with Gasteiger partial charge < -0.3 is 18.9 Å². The number of ether oxygens (including phenoxy) is 4. The maximum absolute atomic E-state index is 17.2. The van der Waals surface area contributed by atoms with E-state index in [2.05, 4.69) is 130 Å². The van der Waals surface area contributed by atoms with E-state index in [0.29, 0.717) is 48.0 Å². The van der Waals surface area contributed by atoms with Gasteiger partial charge in [-0.15, -0.1) is 45.3 Å². The fourth-order valence-electron chi connectivity index (χ4n) is 15.6. The van der Waals surface area contributed by atoms with E-state index in [1.807, 2.05) is 35.6 Å². The highest BCUT2D eigenvalue weighted by atomic mass is 32.1. The van der Waals surface area contributed by atoms with E-state index in [1.165, 1.54) is 199 Å². The van der Waals surface area contributed by atoms with Crippen molar-refractivity contribution < 1.29 is 27.7 Å². The van der Waals surface area contributed by atoms with Crippen LogP contribution in [0, 0.1) is 51.2 Å². The van der Waals surface area contributed by atoms with Crippen molar-refractivity contribution in [2.75, 3.05) is 26.4 Å². The van der Waals surface area contributed by atoms with Crippen LogP contribution in [-0.4, -0.2) is 43.9 Å². The number of hydrogen-bond donors (Lipinski definition) is 0. The van der Waals surface area contributed by atoms with Crippen LogP contribution in [0.3, 0.4) is 0 Å². The molecule has 0 fully saturated rings. The molecule has 0 aliphatic heterocycles. The number of thiophene rings is 4. The first-order valence-corrected chi connectivity index (χ1v) is 45.6. The van der Waals surface area contributed by atoms with Gasteiger partial charge in [-0.2, -0.15) is 17.5 Å². The van der Waals surface area contributed by atoms with Crippen LogP contribution in [0.15, 0.2) is 97.1 Å². The molecule has 12 aromatic rings. The molecule has 6 heterocycles. The molecule has 0 saturated carbocycles. The monoisotopic (exact) mass is 1570 g/mol. The van der Waals surface area contributed by atoms with Gasteiger partial charge in [-0.25, -0.2) is 8.78 Å². The molecule has 0 radical (unpaired) electrons. The Labute approximate surface area is 666 Å². The first kappa shape index (κ1) is 80.8. The number of fused-ring (bicyclic) bond motifs is 4. The molecular weight excluding hydrogens is 1460 g/mol. The van der Waals surface area contributed by atoms with Gasteiger partial charge in [-0.1, -0.05) is 220 Å². The Morgan fingerprint density at radius 2 is 0.759 bits per heavy atom. The summed E-state index contributed by atoms with van der Waals surface area (Å²) in [5.74, 6) is 2.54. The van der Waals surface area contributed by atoms with Crippen LogP contribution in [0.4, 0.5) is 8.78 Å². The predicted octanol–water partition coefficient (Wildman–Crippen LogP) is 31.2. The van der Waals surface area contributed by atoms with Gasteiger partial charge in [0.05, 0.1) is 55.4 Å². The maximum Gasteiger partial charge on any atom is 0.168 e. The Bertz CT molecular complexity index is 4780. The lowest BCUT2D eigenvalue weighted by Crippen LogP contribution is -2.11. The Hall–Kier alpha value is -6.66. The van der Waals surface area contributed by atoms with Crippen molar-refractivity contribution in [2.45, 2.75) is 249 Å². The van der Waals surface area contributed by atoms with Gasteiger partial charge in [0, 0.05) is 99.5 Å². The summed E-state index contributed by atoms with van der Waals surface area (Å²) in [6, 6.07) is 33.6. The van der Waals surface area contributed by atoms with Gasteiger partial charge in [0.15, 0.2) is 11.6 Å². The Morgan fingerprint density at radius 3 is 1.26 bits per heavy atom. The molecule has 2 unspecified atom stereocenters. The second kappa shape index (κ2) is 40.0. The van der Waals surface area contributed by atoms with Crippen LogP contribution in [-0.2, 0) is 0 Å². The largest absolute Gasteiger partial charge is 0.493 e. The third-order valence-corrected chi connectivity index (χ3v) is 27.5. The van der Waals surface area contributed by atoms with Crippen LogP contribution in [0.2, 0.25) is 0 Å². The lowest BCUT2D eigenvalue weighted by molar-refractivity contribution is 0.233. The SMILES string of the molecule is CCCCCCCCCCCCOc1c(C)c(-c2ccc(-c3ccc(-c4ccc(-c5c(OCCCCCCCCCCCC)c(C)c(-c6cc7c(-c8cccc(OCC(CC)CCCC)c8)c8sc(C)cc8c(-c8cccc(OCC(CC)CCCC)c8)c7s6)c6nsnc56)s4)c(F)c3F)s2)c2nsnc2c1C. The fraction of sp³-hybridized carbons (Fsp3) is 0.478. The first-order chi connectivity index (χ1) is 52.9. The molecule has 0 spiro atoms. The third kappa shape index (κ3) is 19.1. The highest BCUT2D eigenvalue weighted by Crippen LogP contribution is 2.56. The van der Waals surface area contributed by atoms with Gasteiger partial charge in [-0.3, -0.25) is 0 Å². The fourth-order valence-corrected chi connectivity index (χ4v) is 21.4. The van der Waals surface area contributed by atoms with E-state index >= 15 is 8.78 Å². The molecule has 0 aliphatic rings. The van der Waals surface area contributed by atoms with Crippen LogP contribution >= 0.6 is 68.8 Å². The number of rotatable bonds is 45. The van der Waals surface area contributed by atoms with Gasteiger partial charge in [0.1, 0.15) is 45.1 Å². The highest BCUT2D eigenvalue weighted by molar-refractivity contribution is 7.24. The molecule has 2 atom stereocenters. The van der Waals surface area contributed by atoms with Crippen molar-refractivity contribution in [3.8, 4) is 97.5 Å². The molecular formula is C92H112F2N4O4S6. The van der Waals surface area contributed by atoms with Gasteiger partial charge in [0.2, 0.25) is 0 Å². The zero-order valence-electron chi connectivity index (χ0n) is 65.6.